The summed E-state index contributed by atoms with van der Waals surface area (Å²) >= 11 is 0. The second-order valence-electron chi connectivity index (χ2n) is 6.32. The largest absolute Gasteiger partial charge is 0.465 e. The highest BCUT2D eigenvalue weighted by atomic mass is 16.5. The Labute approximate surface area is 133 Å². The zero-order valence-corrected chi connectivity index (χ0v) is 14.6. The fourth-order valence-corrected chi connectivity index (χ4v) is 2.84. The van der Waals surface area contributed by atoms with E-state index in [2.05, 4.69) is 13.8 Å². The molecule has 126 valence electrons. The molecule has 0 bridgehead atoms. The van der Waals surface area contributed by atoms with Crippen molar-refractivity contribution in [1.29, 1.82) is 0 Å². The predicted molar refractivity (Wildman–Crippen MR) is 91.5 cm³/mol. The van der Waals surface area contributed by atoms with Crippen LogP contribution >= 0.6 is 0 Å². The second kappa shape index (κ2) is 17.5. The maximum absolute atomic E-state index is 10.5. The third-order valence-electron chi connectivity index (χ3n) is 4.26. The van der Waals surface area contributed by atoms with Crippen molar-refractivity contribution in [2.24, 2.45) is 0 Å². The van der Waals surface area contributed by atoms with Crippen molar-refractivity contribution >= 4 is 6.47 Å². The number of rotatable bonds is 17. The molecule has 0 aliphatic heterocycles. The van der Waals surface area contributed by atoms with Crippen LogP contribution in [0.5, 0.6) is 0 Å². The van der Waals surface area contributed by atoms with Crippen molar-refractivity contribution in [2.45, 2.75) is 116 Å². The highest BCUT2D eigenvalue weighted by Crippen LogP contribution is 2.16. The Morgan fingerprint density at radius 3 is 1.48 bits per heavy atom. The lowest BCUT2D eigenvalue weighted by Gasteiger charge is -2.14. The van der Waals surface area contributed by atoms with E-state index >= 15 is 0 Å². The van der Waals surface area contributed by atoms with Crippen LogP contribution in [0.25, 0.3) is 0 Å². The van der Waals surface area contributed by atoms with Crippen LogP contribution in [0.4, 0.5) is 0 Å². The predicted octanol–water partition coefficient (Wildman–Crippen LogP) is 6.42. The first-order valence-corrected chi connectivity index (χ1v) is 9.44. The van der Waals surface area contributed by atoms with Crippen LogP contribution in [0.3, 0.4) is 0 Å². The highest BCUT2D eigenvalue weighted by Gasteiger charge is 2.08. The van der Waals surface area contributed by atoms with Crippen molar-refractivity contribution in [2.75, 3.05) is 0 Å². The molecular weight excluding hydrogens is 260 g/mol. The van der Waals surface area contributed by atoms with Gasteiger partial charge in [-0.25, -0.2) is 0 Å². The maximum Gasteiger partial charge on any atom is 0.293 e. The first-order chi connectivity index (χ1) is 10.3. The Morgan fingerprint density at radius 2 is 1.05 bits per heavy atom. The second-order valence-corrected chi connectivity index (χ2v) is 6.32. The van der Waals surface area contributed by atoms with Gasteiger partial charge in [0.05, 0.1) is 0 Å². The topological polar surface area (TPSA) is 26.3 Å². The van der Waals surface area contributed by atoms with Gasteiger partial charge in [-0.3, -0.25) is 4.79 Å². The van der Waals surface area contributed by atoms with Crippen LogP contribution in [0, 0.1) is 0 Å². The number of ether oxygens (including phenoxy) is 1. The number of hydrogen-bond acceptors (Lipinski definition) is 2. The molecule has 0 aliphatic rings. The average molecular weight is 299 g/mol. The van der Waals surface area contributed by atoms with Gasteiger partial charge in [-0.05, 0) is 25.7 Å². The molecule has 0 aromatic heterocycles. The molecule has 0 rings (SSSR count). The van der Waals surface area contributed by atoms with Gasteiger partial charge in [-0.15, -0.1) is 0 Å². The molecule has 0 amide bonds. The molecule has 0 radical (unpaired) electrons. The van der Waals surface area contributed by atoms with E-state index in [-0.39, 0.29) is 6.10 Å². The Balaban J connectivity index is 3.40. The summed E-state index contributed by atoms with van der Waals surface area (Å²) in [4.78, 5) is 10.5. The summed E-state index contributed by atoms with van der Waals surface area (Å²) in [5.41, 5.74) is 0. The summed E-state index contributed by atoms with van der Waals surface area (Å²) in [7, 11) is 0. The molecule has 0 saturated heterocycles. The maximum atomic E-state index is 10.5. The molecule has 0 spiro atoms. The van der Waals surface area contributed by atoms with E-state index < -0.39 is 0 Å². The lowest BCUT2D eigenvalue weighted by Crippen LogP contribution is -2.12. The van der Waals surface area contributed by atoms with E-state index in [1.54, 1.807) is 0 Å². The Bertz CT molecular complexity index is 204. The third kappa shape index (κ3) is 15.7. The molecule has 1 unspecified atom stereocenters. The van der Waals surface area contributed by atoms with Gasteiger partial charge in [0, 0.05) is 0 Å². The van der Waals surface area contributed by atoms with Gasteiger partial charge >= 0.3 is 0 Å². The first-order valence-electron chi connectivity index (χ1n) is 9.44. The molecule has 0 aromatic carbocycles. The molecular formula is C19H38O2. The van der Waals surface area contributed by atoms with Gasteiger partial charge in [-0.1, -0.05) is 84.5 Å². The first kappa shape index (κ1) is 20.5. The van der Waals surface area contributed by atoms with Gasteiger partial charge in [0.2, 0.25) is 0 Å². The summed E-state index contributed by atoms with van der Waals surface area (Å²) in [6.45, 7) is 5.12. The molecule has 21 heavy (non-hydrogen) atoms. The summed E-state index contributed by atoms with van der Waals surface area (Å²) in [6.07, 6.45) is 19.5. The lowest BCUT2D eigenvalue weighted by atomic mass is 10.0. The average Bonchev–Trinajstić information content (AvgIpc) is 2.49. The molecule has 2 nitrogen and oxygen atoms in total. The third-order valence-corrected chi connectivity index (χ3v) is 4.26. The van der Waals surface area contributed by atoms with Crippen LogP contribution in [0.2, 0.25) is 0 Å². The minimum Gasteiger partial charge on any atom is -0.465 e. The van der Waals surface area contributed by atoms with Gasteiger partial charge in [0.1, 0.15) is 6.10 Å². The molecule has 0 N–H and O–H groups in total. The van der Waals surface area contributed by atoms with Crippen LogP contribution in [-0.2, 0) is 9.53 Å². The molecule has 1 atom stereocenters. The SMILES string of the molecule is CCCCCCCCCCCC(CCCCCC)OC=O. The summed E-state index contributed by atoms with van der Waals surface area (Å²) in [6, 6.07) is 0. The van der Waals surface area contributed by atoms with Crippen molar-refractivity contribution in [3.05, 3.63) is 0 Å². The Kier molecular flexibility index (Phi) is 17.1. The number of carbonyl (C=O) groups is 1. The molecule has 2 heteroatoms. The fourth-order valence-electron chi connectivity index (χ4n) is 2.84. The van der Waals surface area contributed by atoms with E-state index in [0.29, 0.717) is 6.47 Å². The molecule has 0 aliphatic carbocycles. The smallest absolute Gasteiger partial charge is 0.293 e. The van der Waals surface area contributed by atoms with E-state index in [9.17, 15) is 4.79 Å². The van der Waals surface area contributed by atoms with Crippen molar-refractivity contribution in [3.8, 4) is 0 Å². The van der Waals surface area contributed by atoms with Crippen molar-refractivity contribution in [3.63, 3.8) is 0 Å². The quantitative estimate of drug-likeness (QED) is 0.229. The number of unbranched alkanes of at least 4 members (excludes halogenated alkanes) is 11. The summed E-state index contributed by atoms with van der Waals surface area (Å²) < 4.78 is 5.21. The van der Waals surface area contributed by atoms with Crippen molar-refractivity contribution < 1.29 is 9.53 Å². The zero-order chi connectivity index (χ0) is 15.6. The molecule has 0 saturated carbocycles. The summed E-state index contributed by atoms with van der Waals surface area (Å²) in [5.74, 6) is 0. The van der Waals surface area contributed by atoms with Gasteiger partial charge in [-0.2, -0.15) is 0 Å². The molecule has 0 fully saturated rings. The van der Waals surface area contributed by atoms with Gasteiger partial charge < -0.3 is 4.74 Å². The van der Waals surface area contributed by atoms with Gasteiger partial charge in [0.15, 0.2) is 0 Å². The van der Waals surface area contributed by atoms with E-state index in [1.165, 1.54) is 83.5 Å². The standard InChI is InChI=1S/C19H38O2/c1-3-5-7-9-10-11-12-13-15-17-19(21-18-20)16-14-8-6-4-2/h18-19H,3-17H2,1-2H3. The van der Waals surface area contributed by atoms with E-state index in [1.807, 2.05) is 0 Å². The lowest BCUT2D eigenvalue weighted by molar-refractivity contribution is -0.134. The van der Waals surface area contributed by atoms with E-state index in [4.69, 9.17) is 4.74 Å². The van der Waals surface area contributed by atoms with E-state index in [0.717, 1.165) is 12.8 Å². The highest BCUT2D eigenvalue weighted by molar-refractivity contribution is 5.37. The minimum absolute atomic E-state index is 0.170. The zero-order valence-electron chi connectivity index (χ0n) is 14.6. The molecule has 0 aromatic rings. The summed E-state index contributed by atoms with van der Waals surface area (Å²) in [5, 5.41) is 0. The van der Waals surface area contributed by atoms with Crippen LogP contribution in [-0.4, -0.2) is 12.6 Å². The number of carbonyl (C=O) groups excluding carboxylic acids is 1. The normalized spacial score (nSPS) is 12.3. The van der Waals surface area contributed by atoms with Gasteiger partial charge in [0.25, 0.3) is 6.47 Å². The van der Waals surface area contributed by atoms with Crippen LogP contribution < -0.4 is 0 Å². The molecule has 0 heterocycles. The van der Waals surface area contributed by atoms with Crippen LogP contribution in [0.15, 0.2) is 0 Å². The van der Waals surface area contributed by atoms with Crippen LogP contribution in [0.1, 0.15) is 110 Å². The van der Waals surface area contributed by atoms with Crippen molar-refractivity contribution in [1.82, 2.24) is 0 Å². The number of hydrogen-bond donors (Lipinski definition) is 0. The minimum atomic E-state index is 0.170. The fraction of sp³-hybridized carbons (Fsp3) is 0.947. The Morgan fingerprint density at radius 1 is 0.667 bits per heavy atom. The monoisotopic (exact) mass is 298 g/mol. The Hall–Kier alpha value is -0.530.